The first-order chi connectivity index (χ1) is 9.44. The van der Waals surface area contributed by atoms with Gasteiger partial charge in [0.15, 0.2) is 5.88 Å². The fourth-order valence-corrected chi connectivity index (χ4v) is 2.46. The van der Waals surface area contributed by atoms with Gasteiger partial charge in [-0.05, 0) is 52.3 Å². The number of rotatable bonds is 4. The highest BCUT2D eigenvalue weighted by atomic mass is 16.5. The molecule has 0 spiro atoms. The van der Waals surface area contributed by atoms with Crippen molar-refractivity contribution in [1.82, 2.24) is 4.90 Å². The molecular formula is C17H26N2O. The number of anilines is 1. The van der Waals surface area contributed by atoms with Crippen molar-refractivity contribution in [1.29, 1.82) is 0 Å². The number of benzene rings is 1. The van der Waals surface area contributed by atoms with Crippen molar-refractivity contribution in [3.63, 3.8) is 0 Å². The Hall–Kier alpha value is -1.64. The first-order valence-electron chi connectivity index (χ1n) is 7.38. The molecule has 1 N–H and O–H groups in total. The lowest BCUT2D eigenvalue weighted by Crippen LogP contribution is -2.40. The molecule has 0 bridgehead atoms. The monoisotopic (exact) mass is 274 g/mol. The minimum atomic E-state index is -0.170. The minimum Gasteiger partial charge on any atom is -0.474 e. The Morgan fingerprint density at radius 2 is 1.80 bits per heavy atom. The zero-order valence-corrected chi connectivity index (χ0v) is 12.9. The number of piperidine rings is 1. The zero-order valence-electron chi connectivity index (χ0n) is 12.9. The highest BCUT2D eigenvalue weighted by molar-refractivity contribution is 5.43. The minimum absolute atomic E-state index is 0.170. The van der Waals surface area contributed by atoms with Crippen LogP contribution in [-0.2, 0) is 4.74 Å². The summed E-state index contributed by atoms with van der Waals surface area (Å²) < 4.78 is 5.84. The van der Waals surface area contributed by atoms with Crippen LogP contribution in [0.2, 0.25) is 0 Å². The Morgan fingerprint density at radius 3 is 2.35 bits per heavy atom. The summed E-state index contributed by atoms with van der Waals surface area (Å²) in [5.41, 5.74) is 1.03. The average molecular weight is 274 g/mol. The van der Waals surface area contributed by atoms with Gasteiger partial charge in [-0.2, -0.15) is 0 Å². The Kier molecular flexibility index (Phi) is 4.58. The van der Waals surface area contributed by atoms with Gasteiger partial charge in [-0.3, -0.25) is 0 Å². The molecule has 0 aliphatic carbocycles. The summed E-state index contributed by atoms with van der Waals surface area (Å²) in [5, 5.41) is 3.59. The SMILES string of the molecule is C=C(OC(C)(C)C)N1CCC(Nc2ccccc2)CC1. The number of nitrogens with zero attached hydrogens (tertiary/aromatic N) is 1. The van der Waals surface area contributed by atoms with Crippen molar-refractivity contribution >= 4 is 5.69 Å². The first-order valence-corrected chi connectivity index (χ1v) is 7.38. The molecule has 1 fully saturated rings. The summed E-state index contributed by atoms with van der Waals surface area (Å²) in [6.45, 7) is 12.2. The maximum atomic E-state index is 5.84. The lowest BCUT2D eigenvalue weighted by atomic mass is 10.0. The van der Waals surface area contributed by atoms with Crippen molar-refractivity contribution < 1.29 is 4.74 Å². The predicted molar refractivity (Wildman–Crippen MR) is 84.6 cm³/mol. The van der Waals surface area contributed by atoms with Crippen LogP contribution >= 0.6 is 0 Å². The van der Waals surface area contributed by atoms with Crippen LogP contribution in [0.15, 0.2) is 42.8 Å². The van der Waals surface area contributed by atoms with Crippen molar-refractivity contribution in [2.24, 2.45) is 0 Å². The molecular weight excluding hydrogens is 248 g/mol. The van der Waals surface area contributed by atoms with Gasteiger partial charge in [0.1, 0.15) is 5.60 Å². The third kappa shape index (κ3) is 4.48. The molecule has 0 aromatic heterocycles. The van der Waals surface area contributed by atoms with Crippen LogP contribution in [0.3, 0.4) is 0 Å². The largest absolute Gasteiger partial charge is 0.474 e. The van der Waals surface area contributed by atoms with E-state index in [-0.39, 0.29) is 5.60 Å². The second-order valence-corrected chi connectivity index (χ2v) is 6.38. The Morgan fingerprint density at radius 1 is 1.20 bits per heavy atom. The number of likely N-dealkylation sites (tertiary alicyclic amines) is 1. The third-order valence-corrected chi connectivity index (χ3v) is 3.42. The van der Waals surface area contributed by atoms with Gasteiger partial charge >= 0.3 is 0 Å². The van der Waals surface area contributed by atoms with Crippen molar-refractivity contribution in [2.45, 2.75) is 45.3 Å². The molecule has 3 nitrogen and oxygen atoms in total. The Bertz CT molecular complexity index is 428. The summed E-state index contributed by atoms with van der Waals surface area (Å²) >= 11 is 0. The standard InChI is InChI=1S/C17H26N2O/c1-14(20-17(2,3)4)19-12-10-16(11-13-19)18-15-8-6-5-7-9-15/h5-9,16,18H,1,10-13H2,2-4H3. The number of hydrogen-bond acceptors (Lipinski definition) is 3. The van der Waals surface area contributed by atoms with E-state index in [1.807, 2.05) is 6.07 Å². The Balaban J connectivity index is 1.79. The summed E-state index contributed by atoms with van der Waals surface area (Å²) in [4.78, 5) is 2.24. The van der Waals surface area contributed by atoms with Gasteiger partial charge in [-0.25, -0.2) is 0 Å². The molecule has 0 saturated carbocycles. The molecule has 0 unspecified atom stereocenters. The molecule has 1 aromatic rings. The number of hydrogen-bond donors (Lipinski definition) is 1. The summed E-state index contributed by atoms with van der Waals surface area (Å²) in [6.07, 6.45) is 2.23. The molecule has 20 heavy (non-hydrogen) atoms. The highest BCUT2D eigenvalue weighted by Crippen LogP contribution is 2.21. The highest BCUT2D eigenvalue weighted by Gasteiger charge is 2.23. The van der Waals surface area contributed by atoms with Gasteiger partial charge in [0.05, 0.1) is 0 Å². The normalized spacial score (nSPS) is 16.9. The molecule has 1 heterocycles. The van der Waals surface area contributed by atoms with E-state index in [1.54, 1.807) is 0 Å². The van der Waals surface area contributed by atoms with Crippen molar-refractivity contribution in [2.75, 3.05) is 18.4 Å². The van der Waals surface area contributed by atoms with Crippen molar-refractivity contribution in [3.8, 4) is 0 Å². The molecule has 1 saturated heterocycles. The van der Waals surface area contributed by atoms with Crippen LogP contribution < -0.4 is 5.32 Å². The van der Waals surface area contributed by atoms with E-state index < -0.39 is 0 Å². The van der Waals surface area contributed by atoms with E-state index >= 15 is 0 Å². The van der Waals surface area contributed by atoms with Gasteiger partial charge in [-0.1, -0.05) is 18.2 Å². The van der Waals surface area contributed by atoms with E-state index in [0.29, 0.717) is 6.04 Å². The lowest BCUT2D eigenvalue weighted by molar-refractivity contribution is -0.00225. The smallest absolute Gasteiger partial charge is 0.182 e. The molecule has 2 rings (SSSR count). The Labute approximate surface area is 122 Å². The fourth-order valence-electron chi connectivity index (χ4n) is 2.46. The first kappa shape index (κ1) is 14.8. The summed E-state index contributed by atoms with van der Waals surface area (Å²) in [7, 11) is 0. The van der Waals surface area contributed by atoms with E-state index in [0.717, 1.165) is 31.8 Å². The summed E-state index contributed by atoms with van der Waals surface area (Å²) in [6, 6.07) is 11.0. The number of para-hydroxylation sites is 1. The lowest BCUT2D eigenvalue weighted by Gasteiger charge is -2.37. The average Bonchev–Trinajstić information content (AvgIpc) is 2.39. The van der Waals surface area contributed by atoms with E-state index in [4.69, 9.17) is 4.74 Å². The maximum Gasteiger partial charge on any atom is 0.182 e. The van der Waals surface area contributed by atoms with E-state index in [9.17, 15) is 0 Å². The van der Waals surface area contributed by atoms with Crippen LogP contribution in [-0.4, -0.2) is 29.6 Å². The maximum absolute atomic E-state index is 5.84. The molecule has 0 atom stereocenters. The molecule has 1 aliphatic heterocycles. The van der Waals surface area contributed by atoms with Crippen LogP contribution in [0.5, 0.6) is 0 Å². The molecule has 0 amide bonds. The van der Waals surface area contributed by atoms with E-state index in [2.05, 4.69) is 61.8 Å². The van der Waals surface area contributed by atoms with Gasteiger partial charge in [-0.15, -0.1) is 0 Å². The molecule has 0 radical (unpaired) electrons. The van der Waals surface area contributed by atoms with Crippen LogP contribution in [0.1, 0.15) is 33.6 Å². The molecule has 1 aliphatic rings. The van der Waals surface area contributed by atoms with Crippen LogP contribution in [0.4, 0.5) is 5.69 Å². The van der Waals surface area contributed by atoms with Crippen molar-refractivity contribution in [3.05, 3.63) is 42.8 Å². The zero-order chi connectivity index (χ0) is 14.6. The second-order valence-electron chi connectivity index (χ2n) is 6.38. The molecule has 110 valence electrons. The topological polar surface area (TPSA) is 24.5 Å². The summed E-state index contributed by atoms with van der Waals surface area (Å²) in [5.74, 6) is 0.802. The quantitative estimate of drug-likeness (QED) is 0.844. The second kappa shape index (κ2) is 6.21. The van der Waals surface area contributed by atoms with Crippen LogP contribution in [0.25, 0.3) is 0 Å². The van der Waals surface area contributed by atoms with Gasteiger partial charge < -0.3 is 15.0 Å². The van der Waals surface area contributed by atoms with Crippen LogP contribution in [0, 0.1) is 0 Å². The molecule has 1 aromatic carbocycles. The van der Waals surface area contributed by atoms with Gasteiger partial charge in [0, 0.05) is 24.8 Å². The van der Waals surface area contributed by atoms with Gasteiger partial charge in [0.25, 0.3) is 0 Å². The fraction of sp³-hybridized carbons (Fsp3) is 0.529. The number of nitrogens with one attached hydrogen (secondary N) is 1. The van der Waals surface area contributed by atoms with E-state index in [1.165, 1.54) is 5.69 Å². The predicted octanol–water partition coefficient (Wildman–Crippen LogP) is 3.85. The third-order valence-electron chi connectivity index (χ3n) is 3.42. The van der Waals surface area contributed by atoms with Gasteiger partial charge in [0.2, 0.25) is 0 Å². The molecule has 3 heteroatoms. The number of ether oxygens (including phenoxy) is 1.